The van der Waals surface area contributed by atoms with Crippen LogP contribution < -0.4 is 16.0 Å². The largest absolute Gasteiger partial charge is 0.465 e. The molecule has 0 bridgehead atoms. The van der Waals surface area contributed by atoms with E-state index in [1.165, 1.54) is 11.3 Å². The number of nitrogens with zero attached hydrogens (tertiary/aromatic N) is 2. The molecule has 3 amide bonds. The van der Waals surface area contributed by atoms with Gasteiger partial charge in [0.1, 0.15) is 5.69 Å². The Labute approximate surface area is 222 Å². The summed E-state index contributed by atoms with van der Waals surface area (Å²) in [6.45, 7) is 2.39. The van der Waals surface area contributed by atoms with Gasteiger partial charge in [-0.1, -0.05) is 24.4 Å². The minimum absolute atomic E-state index is 0.174. The minimum atomic E-state index is -1.03. The molecule has 3 heterocycles. The Kier molecular flexibility index (Phi) is 7.63. The topological polar surface area (TPSA) is 139 Å². The van der Waals surface area contributed by atoms with Crippen LogP contribution in [0.5, 0.6) is 0 Å². The second kappa shape index (κ2) is 11.1. The molecular formula is C25H29ClN6O4S. The van der Waals surface area contributed by atoms with Crippen molar-refractivity contribution >= 4 is 51.7 Å². The zero-order valence-corrected chi connectivity index (χ0v) is 21.8. The number of H-pyrrole nitrogens is 1. The number of fused-ring (bicyclic) bond motifs is 2. The molecule has 2 unspecified atom stereocenters. The summed E-state index contributed by atoms with van der Waals surface area (Å²) in [4.78, 5) is 47.7. The minimum Gasteiger partial charge on any atom is -0.465 e. The summed E-state index contributed by atoms with van der Waals surface area (Å²) < 4.78 is 0. The molecule has 3 aromatic rings. The number of benzene rings is 1. The first-order valence-electron chi connectivity index (χ1n) is 12.4. The molecule has 2 aromatic heterocycles. The molecule has 0 radical (unpaired) electrons. The van der Waals surface area contributed by atoms with Gasteiger partial charge < -0.3 is 26.0 Å². The average Bonchev–Trinajstić information content (AvgIpc) is 3.49. The Hall–Kier alpha value is -3.15. The molecule has 0 spiro atoms. The van der Waals surface area contributed by atoms with E-state index in [0.29, 0.717) is 35.4 Å². The predicted octanol–water partition coefficient (Wildman–Crippen LogP) is 3.37. The maximum atomic E-state index is 13.1. The molecule has 10 nitrogen and oxygen atoms in total. The van der Waals surface area contributed by atoms with Crippen molar-refractivity contribution < 1.29 is 19.5 Å². The van der Waals surface area contributed by atoms with E-state index in [2.05, 4.69) is 30.8 Å². The Morgan fingerprint density at radius 2 is 1.89 bits per heavy atom. The van der Waals surface area contributed by atoms with Gasteiger partial charge in [-0.3, -0.25) is 14.5 Å². The highest BCUT2D eigenvalue weighted by molar-refractivity contribution is 7.13. The molecule has 5 N–H and O–H groups in total. The van der Waals surface area contributed by atoms with E-state index in [1.54, 1.807) is 12.1 Å². The van der Waals surface area contributed by atoms with Crippen molar-refractivity contribution in [2.75, 3.05) is 19.6 Å². The van der Waals surface area contributed by atoms with Crippen molar-refractivity contribution in [3.05, 3.63) is 50.6 Å². The van der Waals surface area contributed by atoms with Crippen LogP contribution in [0.3, 0.4) is 0 Å². The number of carboxylic acid groups (broad SMARTS) is 1. The second-order valence-electron chi connectivity index (χ2n) is 9.51. The highest BCUT2D eigenvalue weighted by Crippen LogP contribution is 2.26. The number of rotatable bonds is 7. The first-order chi connectivity index (χ1) is 17.9. The van der Waals surface area contributed by atoms with Gasteiger partial charge in [-0.05, 0) is 37.1 Å². The number of amides is 3. The lowest BCUT2D eigenvalue weighted by Gasteiger charge is -2.32. The van der Waals surface area contributed by atoms with Crippen molar-refractivity contribution in [3.63, 3.8) is 0 Å². The fourth-order valence-corrected chi connectivity index (χ4v) is 6.27. The van der Waals surface area contributed by atoms with Crippen molar-refractivity contribution in [2.45, 2.75) is 50.7 Å². The number of nitrogens with one attached hydrogen (secondary N) is 4. The van der Waals surface area contributed by atoms with Crippen LogP contribution in [0.15, 0.2) is 24.3 Å². The third-order valence-corrected chi connectivity index (χ3v) is 8.25. The lowest BCUT2D eigenvalue weighted by atomic mass is 9.90. The summed E-state index contributed by atoms with van der Waals surface area (Å²) >= 11 is 7.46. The van der Waals surface area contributed by atoms with Gasteiger partial charge in [0.25, 0.3) is 11.8 Å². The first-order valence-corrected chi connectivity index (χ1v) is 13.6. The summed E-state index contributed by atoms with van der Waals surface area (Å²) in [5, 5.41) is 19.3. The summed E-state index contributed by atoms with van der Waals surface area (Å²) in [5.74, 6) is -0.425. The lowest BCUT2D eigenvalue weighted by molar-refractivity contribution is 0.0860. The van der Waals surface area contributed by atoms with E-state index in [4.69, 9.17) is 16.7 Å². The number of aromatic nitrogens is 2. The molecule has 2 atom stereocenters. The number of aromatic amines is 1. The zero-order chi connectivity index (χ0) is 25.9. The number of halogens is 1. The van der Waals surface area contributed by atoms with E-state index in [1.807, 2.05) is 12.1 Å². The van der Waals surface area contributed by atoms with Crippen LogP contribution in [-0.4, -0.2) is 69.6 Å². The van der Waals surface area contributed by atoms with Crippen LogP contribution in [0.1, 0.15) is 56.5 Å². The lowest BCUT2D eigenvalue weighted by Crippen LogP contribution is -2.53. The van der Waals surface area contributed by atoms with Crippen molar-refractivity contribution in [3.8, 4) is 0 Å². The van der Waals surface area contributed by atoms with Gasteiger partial charge in [0, 0.05) is 65.5 Å². The quantitative estimate of drug-likeness (QED) is 0.309. The fourth-order valence-electron chi connectivity index (χ4n) is 5.04. The van der Waals surface area contributed by atoms with Gasteiger partial charge >= 0.3 is 6.09 Å². The predicted molar refractivity (Wildman–Crippen MR) is 141 cm³/mol. The molecule has 5 rings (SSSR count). The number of hydrogen-bond acceptors (Lipinski definition) is 6. The van der Waals surface area contributed by atoms with Crippen LogP contribution in [-0.2, 0) is 13.0 Å². The molecule has 1 fully saturated rings. The molecule has 1 aromatic carbocycles. The van der Waals surface area contributed by atoms with Crippen LogP contribution in [0, 0.1) is 0 Å². The van der Waals surface area contributed by atoms with Gasteiger partial charge in [-0.25, -0.2) is 9.78 Å². The van der Waals surface area contributed by atoms with E-state index in [0.717, 1.165) is 60.1 Å². The number of carbonyl (C=O) groups is 3. The maximum Gasteiger partial charge on any atom is 0.404 e. The molecule has 1 aliphatic heterocycles. The Balaban J connectivity index is 1.20. The average molecular weight is 545 g/mol. The van der Waals surface area contributed by atoms with Crippen molar-refractivity contribution in [1.29, 1.82) is 0 Å². The summed E-state index contributed by atoms with van der Waals surface area (Å²) in [6, 6.07) is 6.87. The van der Waals surface area contributed by atoms with E-state index >= 15 is 0 Å². The molecule has 2 aliphatic rings. The van der Waals surface area contributed by atoms with E-state index in [9.17, 15) is 14.4 Å². The molecule has 1 saturated carbocycles. The van der Waals surface area contributed by atoms with Gasteiger partial charge in [0.05, 0.1) is 5.69 Å². The number of carbonyl (C=O) groups excluding carboxylic acids is 2. The summed E-state index contributed by atoms with van der Waals surface area (Å²) in [5.41, 5.74) is 2.24. The van der Waals surface area contributed by atoms with Crippen molar-refractivity contribution in [2.24, 2.45) is 0 Å². The normalized spacial score (nSPS) is 19.8. The van der Waals surface area contributed by atoms with Crippen molar-refractivity contribution in [1.82, 2.24) is 30.8 Å². The van der Waals surface area contributed by atoms with Gasteiger partial charge in [0.2, 0.25) is 0 Å². The highest BCUT2D eigenvalue weighted by atomic mass is 35.5. The Bertz CT molecular complexity index is 1320. The van der Waals surface area contributed by atoms with Gasteiger partial charge in [0.15, 0.2) is 5.01 Å². The van der Waals surface area contributed by atoms with E-state index in [-0.39, 0.29) is 23.9 Å². The molecule has 0 saturated heterocycles. The van der Waals surface area contributed by atoms with E-state index < -0.39 is 6.09 Å². The summed E-state index contributed by atoms with van der Waals surface area (Å²) in [7, 11) is 0. The molecule has 37 heavy (non-hydrogen) atoms. The molecule has 12 heteroatoms. The monoisotopic (exact) mass is 544 g/mol. The summed E-state index contributed by atoms with van der Waals surface area (Å²) in [6.07, 6.45) is 3.24. The van der Waals surface area contributed by atoms with Crippen LogP contribution in [0.2, 0.25) is 5.02 Å². The first kappa shape index (κ1) is 25.5. The zero-order valence-electron chi connectivity index (χ0n) is 20.2. The third kappa shape index (κ3) is 6.06. The maximum absolute atomic E-state index is 13.1. The van der Waals surface area contributed by atoms with Gasteiger partial charge in [-0.15, -0.1) is 11.3 Å². The second-order valence-corrected chi connectivity index (χ2v) is 11.0. The van der Waals surface area contributed by atoms with Gasteiger partial charge in [-0.2, -0.15) is 0 Å². The van der Waals surface area contributed by atoms with Crippen LogP contribution >= 0.6 is 22.9 Å². The molecule has 1 aliphatic carbocycles. The fraction of sp³-hybridized carbons (Fsp3) is 0.440. The number of thiazole rings is 1. The number of hydrogen-bond donors (Lipinski definition) is 5. The van der Waals surface area contributed by atoms with Crippen LogP contribution in [0.25, 0.3) is 10.9 Å². The highest BCUT2D eigenvalue weighted by Gasteiger charge is 2.30. The third-order valence-electron chi connectivity index (χ3n) is 6.94. The molecule has 196 valence electrons. The smallest absolute Gasteiger partial charge is 0.404 e. The van der Waals surface area contributed by atoms with Crippen LogP contribution in [0.4, 0.5) is 4.79 Å². The Morgan fingerprint density at radius 3 is 2.65 bits per heavy atom. The SMILES string of the molecule is O=C(O)NCCN1CCc2nc(C(=O)NC3CCCCC3NC(=O)c3cc4cc(Cl)ccc4[nH]3)sc2C1. The standard InChI is InChI=1S/C25H29ClN6O4S/c26-15-5-6-16-14(11-15)12-20(28-16)22(33)29-17-3-1-2-4-18(17)30-23(34)24-31-19-7-9-32(13-21(19)37-24)10-8-27-25(35)36/h5-6,11-12,17-18,27-28H,1-4,7-10,13H2,(H,29,33)(H,30,34)(H,35,36). The Morgan fingerprint density at radius 1 is 1.14 bits per heavy atom. The molecular weight excluding hydrogens is 516 g/mol.